The van der Waals surface area contributed by atoms with E-state index in [1.807, 2.05) is 6.07 Å². The quantitative estimate of drug-likeness (QED) is 0.163. The van der Waals surface area contributed by atoms with Gasteiger partial charge in [-0.2, -0.15) is 0 Å². The lowest BCUT2D eigenvalue weighted by Crippen LogP contribution is -2.24. The van der Waals surface area contributed by atoms with Crippen LogP contribution in [0.15, 0.2) is 188 Å². The number of aromatic nitrogens is 2. The van der Waals surface area contributed by atoms with Crippen molar-refractivity contribution in [1.82, 2.24) is 9.55 Å². The molecule has 61 heavy (non-hydrogen) atoms. The molecule has 0 saturated carbocycles. The molecule has 0 spiro atoms. The Labute approximate surface area is 354 Å². The zero-order valence-electron chi connectivity index (χ0n) is 34.3. The van der Waals surface area contributed by atoms with E-state index in [4.69, 9.17) is 9.72 Å². The van der Waals surface area contributed by atoms with E-state index in [9.17, 15) is 0 Å². The Morgan fingerprint density at radius 2 is 1.05 bits per heavy atom. The minimum Gasteiger partial charge on any atom is -0.457 e. The summed E-state index contributed by atoms with van der Waals surface area (Å²) >= 11 is 0. The number of benzene rings is 9. The normalized spacial score (nSPS) is 13.0. The van der Waals surface area contributed by atoms with Gasteiger partial charge in [0, 0.05) is 50.4 Å². The number of rotatable bonds is 5. The molecule has 0 amide bonds. The molecule has 0 bridgehead atoms. The predicted molar refractivity (Wildman–Crippen MR) is 256 cm³/mol. The zero-order chi connectivity index (χ0) is 40.8. The van der Waals surface area contributed by atoms with Crippen LogP contribution in [0, 0.1) is 0 Å². The molecule has 5 nitrogen and oxygen atoms in total. The maximum Gasteiger partial charge on any atom is 0.146 e. The molecular weight excluding hydrogens is 745 g/mol. The van der Waals surface area contributed by atoms with Crippen molar-refractivity contribution in [2.24, 2.45) is 0 Å². The van der Waals surface area contributed by atoms with Gasteiger partial charge in [0.1, 0.15) is 24.0 Å². The molecule has 1 aliphatic rings. The second-order valence-electron chi connectivity index (χ2n) is 17.2. The first-order chi connectivity index (χ1) is 29.9. The molecule has 1 aliphatic heterocycles. The van der Waals surface area contributed by atoms with Gasteiger partial charge in [0.05, 0.1) is 27.9 Å². The lowest BCUT2D eigenvalue weighted by atomic mass is 9.87. The number of nitrogens with zero attached hydrogens (tertiary/aromatic N) is 4. The maximum atomic E-state index is 6.82. The van der Waals surface area contributed by atoms with Crippen LogP contribution in [-0.4, -0.2) is 16.2 Å². The Balaban J connectivity index is 0.981. The van der Waals surface area contributed by atoms with Gasteiger partial charge in [-0.1, -0.05) is 130 Å². The third-order valence-electron chi connectivity index (χ3n) is 12.5. The van der Waals surface area contributed by atoms with Crippen molar-refractivity contribution >= 4 is 87.8 Å². The summed E-state index contributed by atoms with van der Waals surface area (Å²) in [5.41, 5.74) is 9.10. The van der Waals surface area contributed by atoms with E-state index in [1.54, 1.807) is 0 Å². The zero-order valence-corrected chi connectivity index (χ0v) is 34.3. The molecule has 0 saturated heterocycles. The first-order valence-corrected chi connectivity index (χ1v) is 21.1. The van der Waals surface area contributed by atoms with Crippen LogP contribution in [0.1, 0.15) is 26.3 Å². The largest absolute Gasteiger partial charge is 0.457 e. The Morgan fingerprint density at radius 3 is 1.80 bits per heavy atom. The number of hydrogen-bond acceptors (Lipinski definition) is 4. The number of fused-ring (bicyclic) bond motifs is 11. The summed E-state index contributed by atoms with van der Waals surface area (Å²) < 4.78 is 9.15. The summed E-state index contributed by atoms with van der Waals surface area (Å²) in [4.78, 5) is 10.3. The molecule has 0 atom stereocenters. The average molecular weight is 787 g/mol. The molecule has 2 aromatic heterocycles. The van der Waals surface area contributed by atoms with Gasteiger partial charge in [-0.3, -0.25) is 4.57 Å². The van der Waals surface area contributed by atoms with Crippen LogP contribution in [-0.2, 0) is 5.41 Å². The third kappa shape index (κ3) is 5.65. The minimum absolute atomic E-state index is 0.0575. The van der Waals surface area contributed by atoms with Gasteiger partial charge in [-0.15, -0.1) is 0 Å². The average Bonchev–Trinajstić information content (AvgIpc) is 3.84. The molecule has 0 N–H and O–H groups in total. The van der Waals surface area contributed by atoms with Gasteiger partial charge in [0.15, 0.2) is 0 Å². The van der Waals surface area contributed by atoms with Gasteiger partial charge in [-0.25, -0.2) is 4.98 Å². The number of hydrogen-bond donors (Lipinski definition) is 0. The fourth-order valence-corrected chi connectivity index (χ4v) is 9.58. The monoisotopic (exact) mass is 786 g/mol. The van der Waals surface area contributed by atoms with Gasteiger partial charge < -0.3 is 14.5 Å². The highest BCUT2D eigenvalue weighted by Crippen LogP contribution is 2.46. The van der Waals surface area contributed by atoms with Crippen LogP contribution < -0.4 is 14.5 Å². The van der Waals surface area contributed by atoms with Crippen molar-refractivity contribution < 1.29 is 4.74 Å². The molecule has 292 valence electrons. The molecule has 0 unspecified atom stereocenters. The first-order valence-electron chi connectivity index (χ1n) is 21.1. The summed E-state index contributed by atoms with van der Waals surface area (Å²) in [6.45, 7) is 7.50. The highest BCUT2D eigenvalue weighted by atomic mass is 16.5. The van der Waals surface area contributed by atoms with Crippen molar-refractivity contribution in [3.05, 3.63) is 194 Å². The molecule has 9 aromatic carbocycles. The fourth-order valence-electron chi connectivity index (χ4n) is 9.58. The summed E-state index contributed by atoms with van der Waals surface area (Å²) in [7, 11) is 0. The van der Waals surface area contributed by atoms with E-state index in [0.29, 0.717) is 6.67 Å². The van der Waals surface area contributed by atoms with E-state index in [2.05, 4.69) is 217 Å². The first kappa shape index (κ1) is 35.3. The van der Waals surface area contributed by atoms with Gasteiger partial charge in [0.25, 0.3) is 0 Å². The van der Waals surface area contributed by atoms with Crippen LogP contribution >= 0.6 is 0 Å². The highest BCUT2D eigenvalue weighted by Gasteiger charge is 2.29. The van der Waals surface area contributed by atoms with Crippen LogP contribution in [0.3, 0.4) is 0 Å². The Kier molecular flexibility index (Phi) is 7.79. The SMILES string of the molecule is CC(C)(C)c1cccc(N2CN(c3cccc(Oc4ccc5c6ccccc6n(-c6nc7ccc8ccccc8c7c7c6ccc6ccccc67)c5c4)c3)c3ccccc32)c1. The van der Waals surface area contributed by atoms with Gasteiger partial charge in [0.2, 0.25) is 0 Å². The molecule has 0 fully saturated rings. The number of ether oxygens (including phenoxy) is 1. The second kappa shape index (κ2) is 13.4. The van der Waals surface area contributed by atoms with Crippen LogP contribution in [0.25, 0.3) is 70.8 Å². The minimum atomic E-state index is 0.0575. The molecule has 5 heteroatoms. The molecular formula is C56H42N4O. The fraction of sp³-hybridized carbons (Fsp3) is 0.0893. The third-order valence-corrected chi connectivity index (χ3v) is 12.5. The van der Waals surface area contributed by atoms with Crippen LogP contribution in [0.5, 0.6) is 11.5 Å². The molecule has 12 rings (SSSR count). The lowest BCUT2D eigenvalue weighted by Gasteiger charge is -2.25. The molecule has 0 radical (unpaired) electrons. The maximum absolute atomic E-state index is 6.82. The van der Waals surface area contributed by atoms with E-state index in [-0.39, 0.29) is 5.41 Å². The molecule has 0 aliphatic carbocycles. The smallest absolute Gasteiger partial charge is 0.146 e. The van der Waals surface area contributed by atoms with Crippen molar-refractivity contribution in [3.63, 3.8) is 0 Å². The van der Waals surface area contributed by atoms with Gasteiger partial charge in [-0.05, 0) is 99.3 Å². The van der Waals surface area contributed by atoms with E-state index in [1.165, 1.54) is 60.3 Å². The van der Waals surface area contributed by atoms with Crippen LogP contribution in [0.4, 0.5) is 22.7 Å². The molecule has 11 aromatic rings. The Morgan fingerprint density at radius 1 is 0.459 bits per heavy atom. The summed E-state index contributed by atoms with van der Waals surface area (Å²) in [5, 5.41) is 10.7. The number of para-hydroxylation sites is 3. The van der Waals surface area contributed by atoms with Crippen LogP contribution in [0.2, 0.25) is 0 Å². The number of anilines is 4. The predicted octanol–water partition coefficient (Wildman–Crippen LogP) is 15.1. The summed E-state index contributed by atoms with van der Waals surface area (Å²) in [6.07, 6.45) is 0. The van der Waals surface area contributed by atoms with Crippen molar-refractivity contribution in [2.45, 2.75) is 26.2 Å². The lowest BCUT2D eigenvalue weighted by molar-refractivity contribution is 0.483. The van der Waals surface area contributed by atoms with E-state index < -0.39 is 0 Å². The standard InChI is InChI=1S/C56H42N4O/c1-56(2,3)38-16-12-17-39(32-38)58-35-59(51-25-11-10-24-50(51)58)40-18-13-19-41(33-40)61-42-28-30-46-45-22-8-9-23-49(45)60(52(46)34-42)55-47-29-26-36-14-4-6-20-43(36)53(47)54-44-21-7-5-15-37(44)27-31-48(54)57-55/h4-34H,35H2,1-3H3. The summed E-state index contributed by atoms with van der Waals surface area (Å²) in [6, 6.07) is 67.4. The topological polar surface area (TPSA) is 33.5 Å². The van der Waals surface area contributed by atoms with Crippen molar-refractivity contribution in [2.75, 3.05) is 16.5 Å². The summed E-state index contributed by atoms with van der Waals surface area (Å²) in [5.74, 6) is 2.44. The number of pyridine rings is 1. The van der Waals surface area contributed by atoms with E-state index >= 15 is 0 Å². The second-order valence-corrected chi connectivity index (χ2v) is 17.2. The van der Waals surface area contributed by atoms with Crippen molar-refractivity contribution in [3.8, 4) is 17.3 Å². The van der Waals surface area contributed by atoms with E-state index in [0.717, 1.165) is 50.3 Å². The van der Waals surface area contributed by atoms with Gasteiger partial charge >= 0.3 is 0 Å². The Hall–Kier alpha value is -7.63. The van der Waals surface area contributed by atoms with Crippen molar-refractivity contribution in [1.29, 1.82) is 0 Å². The Bertz CT molecular complexity index is 3560. The highest BCUT2D eigenvalue weighted by molar-refractivity contribution is 6.28. The molecule has 3 heterocycles.